The zero-order chi connectivity index (χ0) is 7.56. The monoisotopic (exact) mass is 144 g/mol. The number of nitrogens with two attached hydrogens (primary N) is 1. The van der Waals surface area contributed by atoms with Crippen LogP contribution < -0.4 is 5.73 Å². The molecule has 10 heavy (non-hydrogen) atoms. The lowest BCUT2D eigenvalue weighted by atomic mass is 10.2. The van der Waals surface area contributed by atoms with Gasteiger partial charge >= 0.3 is 0 Å². The first kappa shape index (κ1) is 7.01. The molecule has 0 radical (unpaired) electrons. The summed E-state index contributed by atoms with van der Waals surface area (Å²) >= 11 is 0. The summed E-state index contributed by atoms with van der Waals surface area (Å²) in [5.41, 5.74) is 5.11. The number of rotatable bonds is 2. The van der Waals surface area contributed by atoms with Crippen LogP contribution in [0.15, 0.2) is 4.99 Å². The van der Waals surface area contributed by atoms with Gasteiger partial charge in [0.05, 0.1) is 0 Å². The Kier molecular flexibility index (Phi) is 1.86. The van der Waals surface area contributed by atoms with Gasteiger partial charge in [-0.3, -0.25) is 4.79 Å². The van der Waals surface area contributed by atoms with Gasteiger partial charge in [0.25, 0.3) is 6.02 Å². The van der Waals surface area contributed by atoms with E-state index in [2.05, 4.69) is 9.73 Å². The number of aliphatic hydroxyl groups is 1. The molecule has 0 saturated carbocycles. The number of nitrogens with zero attached hydrogens (tertiary/aromatic N) is 1. The highest BCUT2D eigenvalue weighted by molar-refractivity contribution is 5.89. The van der Waals surface area contributed by atoms with E-state index >= 15 is 0 Å². The second kappa shape index (κ2) is 2.66. The van der Waals surface area contributed by atoms with Crippen molar-refractivity contribution in [3.63, 3.8) is 0 Å². The average Bonchev–Trinajstić information content (AvgIpc) is 2.34. The van der Waals surface area contributed by atoms with E-state index in [9.17, 15) is 4.79 Å². The molecule has 0 aromatic rings. The molecule has 1 rings (SSSR count). The minimum Gasteiger partial charge on any atom is -0.463 e. The van der Waals surface area contributed by atoms with Crippen molar-refractivity contribution in [2.45, 2.75) is 6.04 Å². The maximum atomic E-state index is 10.7. The van der Waals surface area contributed by atoms with E-state index in [-0.39, 0.29) is 18.4 Å². The largest absolute Gasteiger partial charge is 0.463 e. The van der Waals surface area contributed by atoms with E-state index in [0.29, 0.717) is 0 Å². The molecule has 0 bridgehead atoms. The Morgan fingerprint density at radius 2 is 2.70 bits per heavy atom. The number of hydrogen-bond acceptors (Lipinski definition) is 5. The predicted octanol–water partition coefficient (Wildman–Crippen LogP) is -1.74. The summed E-state index contributed by atoms with van der Waals surface area (Å²) in [6.07, 6.45) is 0. The zero-order valence-corrected chi connectivity index (χ0v) is 5.28. The summed E-state index contributed by atoms with van der Waals surface area (Å²) in [7, 11) is 0. The molecule has 0 amide bonds. The quantitative estimate of drug-likeness (QED) is 0.482. The van der Waals surface area contributed by atoms with Crippen molar-refractivity contribution >= 4 is 11.8 Å². The van der Waals surface area contributed by atoms with Gasteiger partial charge in [0.1, 0.15) is 13.2 Å². The van der Waals surface area contributed by atoms with E-state index in [1.54, 1.807) is 0 Å². The molecule has 1 atom stereocenters. The van der Waals surface area contributed by atoms with Crippen LogP contribution in [0, 0.1) is 0 Å². The van der Waals surface area contributed by atoms with Gasteiger partial charge in [0, 0.05) is 0 Å². The van der Waals surface area contributed by atoms with Crippen molar-refractivity contribution in [3.8, 4) is 0 Å². The molecular weight excluding hydrogens is 136 g/mol. The number of aliphatic imine (C=N–C) groups is 1. The number of carbonyl (C=O) groups is 1. The third kappa shape index (κ3) is 1.24. The molecule has 0 aromatic carbocycles. The fourth-order valence-corrected chi connectivity index (χ4v) is 0.663. The fraction of sp³-hybridized carbons (Fsp3) is 0.600. The summed E-state index contributed by atoms with van der Waals surface area (Å²) in [5, 5.41) is 8.37. The van der Waals surface area contributed by atoms with Gasteiger partial charge in [-0.25, -0.2) is 4.99 Å². The van der Waals surface area contributed by atoms with Crippen LogP contribution in [0.1, 0.15) is 0 Å². The van der Waals surface area contributed by atoms with Crippen molar-refractivity contribution in [1.29, 1.82) is 0 Å². The Morgan fingerprint density at radius 1 is 2.00 bits per heavy atom. The molecular formula is C5H8N2O3. The first-order chi connectivity index (χ1) is 4.74. The number of Topliss-reactive ketones (excluding diaryl/α,β-unsaturated/α-hetero) is 1. The highest BCUT2D eigenvalue weighted by atomic mass is 16.5. The van der Waals surface area contributed by atoms with Crippen LogP contribution >= 0.6 is 0 Å². The predicted molar refractivity (Wildman–Crippen MR) is 33.5 cm³/mol. The summed E-state index contributed by atoms with van der Waals surface area (Å²) in [4.78, 5) is 14.3. The summed E-state index contributed by atoms with van der Waals surface area (Å²) in [6, 6.07) is -0.572. The van der Waals surface area contributed by atoms with Gasteiger partial charge in [-0.15, -0.1) is 0 Å². The molecule has 0 fully saturated rings. The summed E-state index contributed by atoms with van der Waals surface area (Å²) < 4.78 is 4.68. The van der Waals surface area contributed by atoms with Crippen molar-refractivity contribution < 1.29 is 14.6 Å². The molecule has 1 unspecified atom stereocenters. The number of carbonyl (C=O) groups excluding carboxylic acids is 1. The smallest absolute Gasteiger partial charge is 0.282 e. The van der Waals surface area contributed by atoms with Gasteiger partial charge in [0.2, 0.25) is 0 Å². The molecule has 0 saturated heterocycles. The van der Waals surface area contributed by atoms with Crippen LogP contribution in [0.5, 0.6) is 0 Å². The minimum atomic E-state index is -0.593. The Labute approximate surface area is 57.5 Å². The maximum Gasteiger partial charge on any atom is 0.282 e. The van der Waals surface area contributed by atoms with Gasteiger partial charge < -0.3 is 15.6 Å². The van der Waals surface area contributed by atoms with Crippen molar-refractivity contribution in [2.24, 2.45) is 10.7 Å². The Balaban J connectivity index is 2.52. The molecule has 56 valence electrons. The average molecular weight is 144 g/mol. The number of ketones is 1. The van der Waals surface area contributed by atoms with Crippen LogP contribution in [0.3, 0.4) is 0 Å². The van der Waals surface area contributed by atoms with E-state index < -0.39 is 12.6 Å². The number of ether oxygens (including phenoxy) is 1. The Morgan fingerprint density at radius 3 is 3.10 bits per heavy atom. The van der Waals surface area contributed by atoms with Crippen LogP contribution in [0.4, 0.5) is 0 Å². The number of amidine groups is 1. The third-order valence-electron chi connectivity index (χ3n) is 1.20. The maximum absolute atomic E-state index is 10.7. The second-order valence-electron chi connectivity index (χ2n) is 1.92. The molecule has 1 aliphatic rings. The molecule has 1 heterocycles. The molecule has 0 aromatic heterocycles. The van der Waals surface area contributed by atoms with E-state index in [0.717, 1.165) is 0 Å². The van der Waals surface area contributed by atoms with Gasteiger partial charge in [-0.2, -0.15) is 0 Å². The van der Waals surface area contributed by atoms with E-state index in [4.69, 9.17) is 10.8 Å². The van der Waals surface area contributed by atoms with Gasteiger partial charge in [-0.05, 0) is 0 Å². The third-order valence-corrected chi connectivity index (χ3v) is 1.20. The number of aliphatic hydroxyl groups excluding tert-OH is 1. The van der Waals surface area contributed by atoms with Gasteiger partial charge in [-0.1, -0.05) is 0 Å². The SMILES string of the molecule is NC1=NC(C(=O)CO)CO1. The van der Waals surface area contributed by atoms with E-state index in [1.807, 2.05) is 0 Å². The highest BCUT2D eigenvalue weighted by Gasteiger charge is 2.23. The molecule has 5 nitrogen and oxygen atoms in total. The van der Waals surface area contributed by atoms with Crippen LogP contribution in [0.25, 0.3) is 0 Å². The van der Waals surface area contributed by atoms with E-state index in [1.165, 1.54) is 0 Å². The molecule has 3 N–H and O–H groups in total. The summed E-state index contributed by atoms with van der Waals surface area (Å²) in [5.74, 6) is -0.361. The Bertz CT molecular complexity index is 178. The van der Waals surface area contributed by atoms with Crippen molar-refractivity contribution in [1.82, 2.24) is 0 Å². The minimum absolute atomic E-state index is 0.0202. The van der Waals surface area contributed by atoms with Crippen LogP contribution in [-0.2, 0) is 9.53 Å². The van der Waals surface area contributed by atoms with Crippen LogP contribution in [-0.4, -0.2) is 36.2 Å². The lowest BCUT2D eigenvalue weighted by molar-refractivity contribution is -0.123. The Hall–Kier alpha value is -1.10. The molecule has 1 aliphatic heterocycles. The molecule has 5 heteroatoms. The number of hydrogen-bond donors (Lipinski definition) is 2. The van der Waals surface area contributed by atoms with Crippen LogP contribution in [0.2, 0.25) is 0 Å². The lowest BCUT2D eigenvalue weighted by Crippen LogP contribution is -2.22. The zero-order valence-electron chi connectivity index (χ0n) is 5.28. The van der Waals surface area contributed by atoms with Crippen molar-refractivity contribution in [3.05, 3.63) is 0 Å². The topological polar surface area (TPSA) is 84.9 Å². The van der Waals surface area contributed by atoms with Gasteiger partial charge in [0.15, 0.2) is 11.8 Å². The van der Waals surface area contributed by atoms with Crippen molar-refractivity contribution in [2.75, 3.05) is 13.2 Å². The second-order valence-corrected chi connectivity index (χ2v) is 1.92. The first-order valence-electron chi connectivity index (χ1n) is 2.83. The molecule has 0 aliphatic carbocycles. The standard InChI is InChI=1S/C5H8N2O3/c6-5-7-3(2-10-5)4(9)1-8/h3,8H,1-2H2,(H2,6,7). The highest BCUT2D eigenvalue weighted by Crippen LogP contribution is 2.01. The lowest BCUT2D eigenvalue weighted by Gasteiger charge is -1.97. The summed E-state index contributed by atoms with van der Waals surface area (Å²) in [6.45, 7) is -0.351. The first-order valence-corrected chi connectivity index (χ1v) is 2.83. The fourth-order valence-electron chi connectivity index (χ4n) is 0.663. The normalized spacial score (nSPS) is 23.7. The molecule has 0 spiro atoms.